The Kier molecular flexibility index (Phi) is 6.23. The summed E-state index contributed by atoms with van der Waals surface area (Å²) >= 11 is 0. The van der Waals surface area contributed by atoms with Crippen molar-refractivity contribution in [3.63, 3.8) is 0 Å². The van der Waals surface area contributed by atoms with Gasteiger partial charge in [-0.1, -0.05) is 24.3 Å². The van der Waals surface area contributed by atoms with E-state index in [0.717, 1.165) is 22.7 Å². The number of aromatic nitrogens is 2. The van der Waals surface area contributed by atoms with Crippen molar-refractivity contribution in [1.82, 2.24) is 14.7 Å². The molecule has 7 nitrogen and oxygen atoms in total. The van der Waals surface area contributed by atoms with Gasteiger partial charge in [0.25, 0.3) is 0 Å². The van der Waals surface area contributed by atoms with Crippen LogP contribution in [-0.2, 0) is 15.8 Å². The van der Waals surface area contributed by atoms with Crippen LogP contribution in [0.1, 0.15) is 12.5 Å². The van der Waals surface area contributed by atoms with Crippen LogP contribution >= 0.6 is 0 Å². The minimum absolute atomic E-state index is 0.0599. The van der Waals surface area contributed by atoms with Gasteiger partial charge in [0.2, 0.25) is 10.0 Å². The van der Waals surface area contributed by atoms with Gasteiger partial charge in [0.1, 0.15) is 17.9 Å². The molecule has 0 unspecified atom stereocenters. The maximum Gasteiger partial charge on any atom is 0.215 e. The first kappa shape index (κ1) is 19.8. The number of nitrogens with one attached hydrogen (secondary N) is 2. The number of hydrogen-bond acceptors (Lipinski definition) is 6. The second-order valence-electron chi connectivity index (χ2n) is 6.00. The van der Waals surface area contributed by atoms with E-state index in [0.29, 0.717) is 18.0 Å². The molecule has 3 rings (SSSR count). The molecule has 0 aliphatic rings. The van der Waals surface area contributed by atoms with Gasteiger partial charge >= 0.3 is 0 Å². The van der Waals surface area contributed by atoms with Crippen LogP contribution in [0.15, 0.2) is 60.9 Å². The van der Waals surface area contributed by atoms with Crippen LogP contribution in [0.2, 0.25) is 0 Å². The molecule has 1 heterocycles. The summed E-state index contributed by atoms with van der Waals surface area (Å²) in [6.45, 7) is 2.51. The fraction of sp³-hybridized carbons (Fsp3) is 0.200. The SMILES string of the molecule is CCOc1ccccc1-c1cc(Nc2ccc(CS(=O)(=O)NC)cc2)ncn1. The zero-order valence-corrected chi connectivity index (χ0v) is 16.5. The molecular formula is C20H22N4O3S. The first-order chi connectivity index (χ1) is 13.5. The van der Waals surface area contributed by atoms with E-state index in [1.54, 1.807) is 12.1 Å². The molecular weight excluding hydrogens is 376 g/mol. The molecule has 8 heteroatoms. The summed E-state index contributed by atoms with van der Waals surface area (Å²) in [7, 11) is -1.89. The Morgan fingerprint density at radius 1 is 1.04 bits per heavy atom. The lowest BCUT2D eigenvalue weighted by molar-refractivity contribution is 0.341. The Labute approximate surface area is 164 Å². The van der Waals surface area contributed by atoms with Crippen molar-refractivity contribution in [2.24, 2.45) is 0 Å². The number of rotatable bonds is 8. The summed E-state index contributed by atoms with van der Waals surface area (Å²) in [6.07, 6.45) is 1.49. The highest BCUT2D eigenvalue weighted by Gasteiger charge is 2.10. The quantitative estimate of drug-likeness (QED) is 0.605. The van der Waals surface area contributed by atoms with Crippen LogP contribution in [0.4, 0.5) is 11.5 Å². The molecule has 2 N–H and O–H groups in total. The van der Waals surface area contributed by atoms with E-state index in [4.69, 9.17) is 4.74 Å². The van der Waals surface area contributed by atoms with Crippen LogP contribution in [0.3, 0.4) is 0 Å². The minimum atomic E-state index is -3.29. The van der Waals surface area contributed by atoms with Crippen molar-refractivity contribution in [3.05, 3.63) is 66.5 Å². The van der Waals surface area contributed by atoms with E-state index in [9.17, 15) is 8.42 Å². The predicted molar refractivity (Wildman–Crippen MR) is 110 cm³/mol. The summed E-state index contributed by atoms with van der Waals surface area (Å²) < 4.78 is 31.3. The zero-order valence-electron chi connectivity index (χ0n) is 15.7. The van der Waals surface area contributed by atoms with E-state index in [-0.39, 0.29) is 5.75 Å². The molecule has 3 aromatic rings. The van der Waals surface area contributed by atoms with Gasteiger partial charge < -0.3 is 10.1 Å². The van der Waals surface area contributed by atoms with Crippen LogP contribution in [0.25, 0.3) is 11.3 Å². The number of anilines is 2. The van der Waals surface area contributed by atoms with E-state index >= 15 is 0 Å². The average Bonchev–Trinajstić information content (AvgIpc) is 2.70. The third-order valence-electron chi connectivity index (χ3n) is 4.02. The van der Waals surface area contributed by atoms with Crippen molar-refractivity contribution in [2.45, 2.75) is 12.7 Å². The van der Waals surface area contributed by atoms with Gasteiger partial charge in [0, 0.05) is 17.3 Å². The number of sulfonamides is 1. The van der Waals surface area contributed by atoms with Crippen molar-refractivity contribution < 1.29 is 13.2 Å². The molecule has 0 spiro atoms. The Hall–Kier alpha value is -2.97. The molecule has 0 aliphatic heterocycles. The maximum absolute atomic E-state index is 11.6. The number of para-hydroxylation sites is 1. The summed E-state index contributed by atoms with van der Waals surface area (Å²) in [4.78, 5) is 8.62. The molecule has 0 fully saturated rings. The fourth-order valence-electron chi connectivity index (χ4n) is 2.66. The molecule has 1 aromatic heterocycles. The van der Waals surface area contributed by atoms with Crippen LogP contribution < -0.4 is 14.8 Å². The van der Waals surface area contributed by atoms with E-state index < -0.39 is 10.0 Å². The first-order valence-electron chi connectivity index (χ1n) is 8.82. The molecule has 0 saturated carbocycles. The van der Waals surface area contributed by atoms with Gasteiger partial charge in [-0.15, -0.1) is 0 Å². The standard InChI is InChI=1S/C20H22N4O3S/c1-3-27-19-7-5-4-6-17(19)18-12-20(23-14-22-18)24-16-10-8-15(9-11-16)13-28(25,26)21-2/h4-12,14,21H,3,13H2,1-2H3,(H,22,23,24). The highest BCUT2D eigenvalue weighted by molar-refractivity contribution is 7.88. The number of ether oxygens (including phenoxy) is 1. The van der Waals surface area contributed by atoms with Gasteiger partial charge in [-0.05, 0) is 43.8 Å². The zero-order chi connectivity index (χ0) is 20.0. The normalized spacial score (nSPS) is 11.2. The van der Waals surface area contributed by atoms with E-state index in [2.05, 4.69) is 20.0 Å². The lowest BCUT2D eigenvalue weighted by Crippen LogP contribution is -2.20. The maximum atomic E-state index is 11.6. The Morgan fingerprint density at radius 3 is 2.50 bits per heavy atom. The molecule has 0 radical (unpaired) electrons. The number of benzene rings is 2. The van der Waals surface area contributed by atoms with Crippen LogP contribution in [0, 0.1) is 0 Å². The highest BCUT2D eigenvalue weighted by atomic mass is 32.2. The van der Waals surface area contributed by atoms with Gasteiger partial charge in [-0.3, -0.25) is 0 Å². The molecule has 146 valence electrons. The lowest BCUT2D eigenvalue weighted by Gasteiger charge is -2.11. The predicted octanol–water partition coefficient (Wildman–Crippen LogP) is 3.34. The minimum Gasteiger partial charge on any atom is -0.493 e. The smallest absolute Gasteiger partial charge is 0.215 e. The van der Waals surface area contributed by atoms with Gasteiger partial charge in [-0.25, -0.2) is 23.1 Å². The van der Waals surface area contributed by atoms with Gasteiger partial charge in [0.15, 0.2) is 0 Å². The highest BCUT2D eigenvalue weighted by Crippen LogP contribution is 2.29. The topological polar surface area (TPSA) is 93.2 Å². The molecule has 0 amide bonds. The van der Waals surface area contributed by atoms with Crippen molar-refractivity contribution in [1.29, 1.82) is 0 Å². The lowest BCUT2D eigenvalue weighted by atomic mass is 10.1. The van der Waals surface area contributed by atoms with E-state index in [1.165, 1.54) is 13.4 Å². The first-order valence-corrected chi connectivity index (χ1v) is 10.5. The Bertz CT molecular complexity index is 1040. The van der Waals surface area contributed by atoms with Gasteiger partial charge in [-0.2, -0.15) is 0 Å². The van der Waals surface area contributed by atoms with Gasteiger partial charge in [0.05, 0.1) is 18.1 Å². The molecule has 0 saturated heterocycles. The van der Waals surface area contributed by atoms with Crippen LogP contribution in [0.5, 0.6) is 5.75 Å². The summed E-state index contributed by atoms with van der Waals surface area (Å²) in [5.41, 5.74) is 3.14. The molecule has 0 bridgehead atoms. The number of hydrogen-bond donors (Lipinski definition) is 2. The fourth-order valence-corrected chi connectivity index (χ4v) is 3.43. The Balaban J connectivity index is 1.78. The summed E-state index contributed by atoms with van der Waals surface area (Å²) in [5, 5.41) is 3.21. The molecule has 28 heavy (non-hydrogen) atoms. The molecule has 0 aliphatic carbocycles. The monoisotopic (exact) mass is 398 g/mol. The van der Waals surface area contributed by atoms with Crippen LogP contribution in [-0.4, -0.2) is 32.0 Å². The third-order valence-corrected chi connectivity index (χ3v) is 5.36. The second-order valence-corrected chi connectivity index (χ2v) is 7.93. The second kappa shape index (κ2) is 8.81. The molecule has 0 atom stereocenters. The Morgan fingerprint density at radius 2 is 1.79 bits per heavy atom. The van der Waals surface area contributed by atoms with E-state index in [1.807, 2.05) is 49.4 Å². The third kappa shape index (κ3) is 5.05. The van der Waals surface area contributed by atoms with Crippen molar-refractivity contribution >= 4 is 21.5 Å². The largest absolute Gasteiger partial charge is 0.493 e. The summed E-state index contributed by atoms with van der Waals surface area (Å²) in [5.74, 6) is 1.34. The molecule has 2 aromatic carbocycles. The average molecular weight is 398 g/mol. The van der Waals surface area contributed by atoms with Crippen molar-refractivity contribution in [3.8, 4) is 17.0 Å². The number of nitrogens with zero attached hydrogens (tertiary/aromatic N) is 2. The summed E-state index contributed by atoms with van der Waals surface area (Å²) in [6, 6.07) is 16.7. The van der Waals surface area contributed by atoms with Crippen molar-refractivity contribution in [2.75, 3.05) is 19.0 Å².